The largest absolute Gasteiger partial charge is 0.444 e. The molecule has 2 N–H and O–H groups in total. The van der Waals surface area contributed by atoms with Crippen molar-refractivity contribution in [2.75, 3.05) is 13.1 Å². The zero-order valence-corrected chi connectivity index (χ0v) is 14.1. The number of alkyl carbamates (subject to hydrolysis) is 1. The summed E-state index contributed by atoms with van der Waals surface area (Å²) in [5.41, 5.74) is -0.418. The second kappa shape index (κ2) is 6.99. The fraction of sp³-hybridized carbons (Fsp3) is 0.941. The van der Waals surface area contributed by atoms with Gasteiger partial charge in [-0.1, -0.05) is 6.42 Å². The Morgan fingerprint density at radius 1 is 1.24 bits per heavy atom. The van der Waals surface area contributed by atoms with Crippen molar-refractivity contribution >= 4 is 6.09 Å². The van der Waals surface area contributed by atoms with Crippen molar-refractivity contribution in [3.05, 3.63) is 0 Å². The molecule has 2 saturated carbocycles. The zero-order chi connectivity index (χ0) is 15.5. The molecular formula is C17H32N2O2. The van der Waals surface area contributed by atoms with Crippen LogP contribution in [0.3, 0.4) is 0 Å². The minimum Gasteiger partial charge on any atom is -0.444 e. The number of hydrogen-bond donors (Lipinski definition) is 2. The monoisotopic (exact) mass is 296 g/mol. The molecule has 0 spiro atoms. The Morgan fingerprint density at radius 3 is 2.57 bits per heavy atom. The van der Waals surface area contributed by atoms with E-state index >= 15 is 0 Å². The van der Waals surface area contributed by atoms with E-state index in [2.05, 4.69) is 17.6 Å². The number of carbonyl (C=O) groups excluding carboxylic acids is 1. The van der Waals surface area contributed by atoms with Gasteiger partial charge in [-0.3, -0.25) is 0 Å². The van der Waals surface area contributed by atoms with Gasteiger partial charge in [-0.2, -0.15) is 0 Å². The summed E-state index contributed by atoms with van der Waals surface area (Å²) in [5, 5.41) is 6.45. The second-order valence-electron chi connectivity index (χ2n) is 7.86. The van der Waals surface area contributed by atoms with Crippen LogP contribution >= 0.6 is 0 Å². The molecule has 1 amide bonds. The van der Waals surface area contributed by atoms with E-state index in [1.165, 1.54) is 25.7 Å². The summed E-state index contributed by atoms with van der Waals surface area (Å²) in [7, 11) is 0. The van der Waals surface area contributed by atoms with Gasteiger partial charge in [-0.15, -0.1) is 0 Å². The molecule has 0 aromatic heterocycles. The van der Waals surface area contributed by atoms with Crippen LogP contribution in [0.2, 0.25) is 0 Å². The molecule has 0 aromatic rings. The minimum atomic E-state index is -0.418. The number of fused-ring (bicyclic) bond motifs is 2. The van der Waals surface area contributed by atoms with Crippen LogP contribution in [-0.4, -0.2) is 30.8 Å². The number of rotatable bonds is 6. The van der Waals surface area contributed by atoms with E-state index in [1.54, 1.807) is 0 Å². The average Bonchev–Trinajstić information content (AvgIpc) is 2.98. The molecule has 0 saturated heterocycles. The van der Waals surface area contributed by atoms with Crippen LogP contribution < -0.4 is 10.6 Å². The van der Waals surface area contributed by atoms with Gasteiger partial charge in [-0.25, -0.2) is 4.79 Å². The van der Waals surface area contributed by atoms with Crippen molar-refractivity contribution in [3.8, 4) is 0 Å². The van der Waals surface area contributed by atoms with Crippen molar-refractivity contribution in [3.63, 3.8) is 0 Å². The van der Waals surface area contributed by atoms with E-state index in [0.29, 0.717) is 12.6 Å². The number of carbonyl (C=O) groups is 1. The average molecular weight is 296 g/mol. The highest BCUT2D eigenvalue weighted by atomic mass is 16.6. The SMILES string of the molecule is CC(NCCCNC(=O)OC(C)(C)C)C1CC2CCC1C2. The number of nitrogens with one attached hydrogen (secondary N) is 2. The van der Waals surface area contributed by atoms with Crippen LogP contribution in [0.5, 0.6) is 0 Å². The van der Waals surface area contributed by atoms with E-state index in [1.807, 2.05) is 20.8 Å². The third-order valence-corrected chi connectivity index (χ3v) is 4.92. The van der Waals surface area contributed by atoms with Crippen molar-refractivity contribution in [2.45, 2.75) is 71.4 Å². The van der Waals surface area contributed by atoms with Gasteiger partial charge < -0.3 is 15.4 Å². The van der Waals surface area contributed by atoms with Gasteiger partial charge in [0.05, 0.1) is 0 Å². The molecule has 2 aliphatic rings. The van der Waals surface area contributed by atoms with Crippen molar-refractivity contribution in [1.82, 2.24) is 10.6 Å². The van der Waals surface area contributed by atoms with Crippen LogP contribution in [0.25, 0.3) is 0 Å². The fourth-order valence-electron chi connectivity index (χ4n) is 3.98. The molecule has 4 heteroatoms. The fourth-order valence-corrected chi connectivity index (χ4v) is 3.98. The first-order valence-electron chi connectivity index (χ1n) is 8.55. The van der Waals surface area contributed by atoms with Crippen molar-refractivity contribution in [2.24, 2.45) is 17.8 Å². The number of hydrogen-bond acceptors (Lipinski definition) is 3. The molecule has 2 bridgehead atoms. The highest BCUT2D eigenvalue weighted by Crippen LogP contribution is 2.49. The molecule has 2 aliphatic carbocycles. The molecule has 4 nitrogen and oxygen atoms in total. The van der Waals surface area contributed by atoms with Crippen LogP contribution in [0.1, 0.15) is 59.8 Å². The molecule has 0 radical (unpaired) electrons. The molecule has 4 atom stereocenters. The van der Waals surface area contributed by atoms with Crippen molar-refractivity contribution < 1.29 is 9.53 Å². The quantitative estimate of drug-likeness (QED) is 0.739. The smallest absolute Gasteiger partial charge is 0.407 e. The predicted molar refractivity (Wildman–Crippen MR) is 85.3 cm³/mol. The Balaban J connectivity index is 1.53. The normalized spacial score (nSPS) is 29.4. The van der Waals surface area contributed by atoms with Gasteiger partial charge >= 0.3 is 6.09 Å². The molecule has 122 valence electrons. The second-order valence-corrected chi connectivity index (χ2v) is 7.86. The summed E-state index contributed by atoms with van der Waals surface area (Å²) in [5.74, 6) is 2.86. The maximum Gasteiger partial charge on any atom is 0.407 e. The zero-order valence-electron chi connectivity index (χ0n) is 14.1. The molecule has 2 rings (SSSR count). The summed E-state index contributed by atoms with van der Waals surface area (Å²) >= 11 is 0. The summed E-state index contributed by atoms with van der Waals surface area (Å²) in [6.07, 6.45) is 6.44. The first kappa shape index (κ1) is 16.6. The Labute approximate surface area is 129 Å². The highest BCUT2D eigenvalue weighted by Gasteiger charge is 2.41. The lowest BCUT2D eigenvalue weighted by Crippen LogP contribution is -2.38. The van der Waals surface area contributed by atoms with E-state index < -0.39 is 5.60 Å². The topological polar surface area (TPSA) is 50.4 Å². The Hall–Kier alpha value is -0.770. The predicted octanol–water partition coefficient (Wildman–Crippen LogP) is 3.32. The van der Waals surface area contributed by atoms with Gasteiger partial charge in [0.25, 0.3) is 0 Å². The van der Waals surface area contributed by atoms with Gasteiger partial charge in [0.1, 0.15) is 5.60 Å². The summed E-state index contributed by atoms with van der Waals surface area (Å²) in [6.45, 7) is 9.60. The lowest BCUT2D eigenvalue weighted by Gasteiger charge is -2.28. The molecule has 2 fully saturated rings. The van der Waals surface area contributed by atoms with Gasteiger partial charge in [0.2, 0.25) is 0 Å². The highest BCUT2D eigenvalue weighted by molar-refractivity contribution is 5.67. The molecule has 0 aromatic carbocycles. The van der Waals surface area contributed by atoms with E-state index in [0.717, 1.165) is 30.7 Å². The van der Waals surface area contributed by atoms with Crippen LogP contribution in [0.15, 0.2) is 0 Å². The van der Waals surface area contributed by atoms with Gasteiger partial charge in [-0.05, 0) is 77.7 Å². The first-order valence-corrected chi connectivity index (χ1v) is 8.55. The Morgan fingerprint density at radius 2 is 2.00 bits per heavy atom. The molecule has 0 aliphatic heterocycles. The maximum absolute atomic E-state index is 11.5. The molecule has 0 heterocycles. The summed E-state index contributed by atoms with van der Waals surface area (Å²) in [4.78, 5) is 11.5. The number of amides is 1. The molecule has 4 unspecified atom stereocenters. The van der Waals surface area contributed by atoms with Gasteiger partial charge in [0.15, 0.2) is 0 Å². The Bertz CT molecular complexity index is 351. The van der Waals surface area contributed by atoms with E-state index in [4.69, 9.17) is 4.74 Å². The standard InChI is InChI=1S/C17H32N2O2/c1-12(15-11-13-6-7-14(15)10-13)18-8-5-9-19-16(20)21-17(2,3)4/h12-15,18H,5-11H2,1-4H3,(H,19,20). The van der Waals surface area contributed by atoms with Crippen molar-refractivity contribution in [1.29, 1.82) is 0 Å². The minimum absolute atomic E-state index is 0.316. The van der Waals surface area contributed by atoms with E-state index in [9.17, 15) is 4.79 Å². The lowest BCUT2D eigenvalue weighted by atomic mass is 9.84. The van der Waals surface area contributed by atoms with Crippen LogP contribution in [0.4, 0.5) is 4.79 Å². The third kappa shape index (κ3) is 5.17. The lowest BCUT2D eigenvalue weighted by molar-refractivity contribution is 0.0527. The maximum atomic E-state index is 11.5. The Kier molecular flexibility index (Phi) is 5.53. The number of ether oxygens (including phenoxy) is 1. The third-order valence-electron chi connectivity index (χ3n) is 4.92. The van der Waals surface area contributed by atoms with Crippen LogP contribution in [-0.2, 0) is 4.74 Å². The molecule has 21 heavy (non-hydrogen) atoms. The first-order chi connectivity index (χ1) is 9.85. The molecular weight excluding hydrogens is 264 g/mol. The summed E-state index contributed by atoms with van der Waals surface area (Å²) < 4.78 is 5.21. The summed E-state index contributed by atoms with van der Waals surface area (Å²) in [6, 6.07) is 0.613. The van der Waals surface area contributed by atoms with Crippen LogP contribution in [0, 0.1) is 17.8 Å². The van der Waals surface area contributed by atoms with Gasteiger partial charge in [0, 0.05) is 12.6 Å². The van der Waals surface area contributed by atoms with E-state index in [-0.39, 0.29) is 6.09 Å².